The van der Waals surface area contributed by atoms with Crippen molar-refractivity contribution in [1.29, 1.82) is 0 Å². The second kappa shape index (κ2) is 10.7. The van der Waals surface area contributed by atoms with Crippen molar-refractivity contribution in [1.82, 2.24) is 10.3 Å². The Hall–Kier alpha value is -3.44. The van der Waals surface area contributed by atoms with Crippen LogP contribution in [0.2, 0.25) is 0 Å². The average Bonchev–Trinajstić information content (AvgIpc) is 3.44. The van der Waals surface area contributed by atoms with Gasteiger partial charge in [-0.3, -0.25) is 15.1 Å². The molecule has 1 aromatic heterocycles. The molecule has 0 atom stereocenters. The largest absolute Gasteiger partial charge is 0.417 e. The number of anilines is 2. The molecule has 2 aliphatic rings. The highest BCUT2D eigenvalue weighted by atomic mass is 32.1. The van der Waals surface area contributed by atoms with Gasteiger partial charge in [-0.25, -0.2) is 4.98 Å². The molecule has 3 heterocycles. The number of hydrogen-bond acceptors (Lipinski definition) is 7. The summed E-state index contributed by atoms with van der Waals surface area (Å²) in [5.74, 6) is -0.230. The van der Waals surface area contributed by atoms with Crippen LogP contribution in [0.5, 0.6) is 0 Å². The smallest absolute Gasteiger partial charge is 0.378 e. The summed E-state index contributed by atoms with van der Waals surface area (Å²) >= 11 is 1.38. The number of aryl methyl sites for hydroxylation is 2. The summed E-state index contributed by atoms with van der Waals surface area (Å²) in [5, 5.41) is 6.16. The van der Waals surface area contributed by atoms with Gasteiger partial charge < -0.3 is 15.0 Å². The Bertz CT molecular complexity index is 1240. The Morgan fingerprint density at radius 3 is 2.69 bits per heavy atom. The van der Waals surface area contributed by atoms with Gasteiger partial charge in [0.2, 0.25) is 0 Å². The molecular formula is C25H26F3N5O2S. The van der Waals surface area contributed by atoms with Gasteiger partial charge in [0.25, 0.3) is 5.91 Å². The van der Waals surface area contributed by atoms with Gasteiger partial charge in [-0.1, -0.05) is 12.7 Å². The van der Waals surface area contributed by atoms with Crippen LogP contribution in [-0.4, -0.2) is 49.6 Å². The maximum Gasteiger partial charge on any atom is 0.417 e. The van der Waals surface area contributed by atoms with Crippen LogP contribution in [0.1, 0.15) is 21.7 Å². The fourth-order valence-electron chi connectivity index (χ4n) is 3.69. The summed E-state index contributed by atoms with van der Waals surface area (Å²) in [7, 11) is 0. The quantitative estimate of drug-likeness (QED) is 0.433. The van der Waals surface area contributed by atoms with Crippen LogP contribution in [-0.2, 0) is 15.7 Å². The van der Waals surface area contributed by atoms with Crippen molar-refractivity contribution in [3.63, 3.8) is 0 Å². The molecule has 0 unspecified atom stereocenters. The van der Waals surface area contributed by atoms with E-state index in [1.807, 2.05) is 18.7 Å². The predicted octanol–water partition coefficient (Wildman–Crippen LogP) is 4.60. The minimum absolute atomic E-state index is 0.00953. The third-order valence-corrected chi connectivity index (χ3v) is 6.75. The number of nitrogens with one attached hydrogen (secondary N) is 2. The molecule has 0 bridgehead atoms. The number of aliphatic imine (C=N–C) groups is 1. The first-order chi connectivity index (χ1) is 17.1. The first-order valence-corrected chi connectivity index (χ1v) is 12.1. The molecule has 7 nitrogen and oxygen atoms in total. The highest BCUT2D eigenvalue weighted by molar-refractivity contribution is 7.15. The minimum Gasteiger partial charge on any atom is -0.378 e. The van der Waals surface area contributed by atoms with E-state index in [-0.39, 0.29) is 29.4 Å². The van der Waals surface area contributed by atoms with Crippen LogP contribution >= 0.6 is 11.3 Å². The maximum absolute atomic E-state index is 13.9. The van der Waals surface area contributed by atoms with Crippen molar-refractivity contribution >= 4 is 33.9 Å². The number of aromatic nitrogens is 1. The number of halogens is 3. The Morgan fingerprint density at radius 2 is 2.03 bits per heavy atom. The van der Waals surface area contributed by atoms with Crippen molar-refractivity contribution < 1.29 is 22.7 Å². The summed E-state index contributed by atoms with van der Waals surface area (Å²) in [6.45, 7) is 9.79. The number of hydrogen-bond donors (Lipinski definition) is 2. The van der Waals surface area contributed by atoms with E-state index in [4.69, 9.17) is 4.74 Å². The zero-order chi connectivity index (χ0) is 25.9. The van der Waals surface area contributed by atoms with E-state index in [1.165, 1.54) is 29.5 Å². The van der Waals surface area contributed by atoms with Gasteiger partial charge in [-0.2, -0.15) is 13.2 Å². The van der Waals surface area contributed by atoms with Gasteiger partial charge in [0.1, 0.15) is 5.84 Å². The first-order valence-electron chi connectivity index (χ1n) is 11.3. The van der Waals surface area contributed by atoms with E-state index in [1.54, 1.807) is 18.2 Å². The molecule has 1 saturated heterocycles. The van der Waals surface area contributed by atoms with Crippen LogP contribution in [0.3, 0.4) is 0 Å². The molecule has 0 spiro atoms. The normalized spacial score (nSPS) is 17.4. The third kappa shape index (κ3) is 6.03. The molecule has 1 aromatic carbocycles. The molecule has 2 aliphatic heterocycles. The Morgan fingerprint density at radius 1 is 1.28 bits per heavy atom. The number of amidine groups is 1. The van der Waals surface area contributed by atoms with Crippen molar-refractivity contribution in [2.24, 2.45) is 4.99 Å². The topological polar surface area (TPSA) is 78.8 Å². The Labute approximate surface area is 211 Å². The monoisotopic (exact) mass is 517 g/mol. The molecule has 0 radical (unpaired) electrons. The molecular weight excluding hydrogens is 491 g/mol. The number of amides is 1. The minimum atomic E-state index is -4.53. The first kappa shape index (κ1) is 25.6. The third-order valence-electron chi connectivity index (χ3n) is 5.76. The van der Waals surface area contributed by atoms with E-state index in [0.29, 0.717) is 42.8 Å². The summed E-state index contributed by atoms with van der Waals surface area (Å²) in [5.41, 5.74) is 1.43. The van der Waals surface area contributed by atoms with Gasteiger partial charge in [-0.15, -0.1) is 11.3 Å². The van der Waals surface area contributed by atoms with Crippen LogP contribution in [0.4, 0.5) is 24.0 Å². The molecule has 0 aliphatic carbocycles. The lowest BCUT2D eigenvalue weighted by atomic mass is 10.0. The number of nitrogens with zero attached hydrogens (tertiary/aromatic N) is 3. The number of carbonyl (C=O) groups excluding carboxylic acids is 1. The van der Waals surface area contributed by atoms with E-state index in [2.05, 4.69) is 27.2 Å². The fraction of sp³-hybridized carbons (Fsp3) is 0.320. The number of rotatable bonds is 6. The fourth-order valence-corrected chi connectivity index (χ4v) is 4.50. The SMILES string of the molecule is C=C(/C=C\C=C1/CN=C(c2ccc(N3CCOCC3)cc2C(F)(F)F)N1)C(=O)Nc1nc(C)c(C)s1. The molecule has 190 valence electrons. The lowest BCUT2D eigenvalue weighted by Crippen LogP contribution is -2.36. The van der Waals surface area contributed by atoms with Gasteiger partial charge in [0.15, 0.2) is 5.13 Å². The summed E-state index contributed by atoms with van der Waals surface area (Å²) < 4.78 is 47.0. The highest BCUT2D eigenvalue weighted by Crippen LogP contribution is 2.35. The predicted molar refractivity (Wildman–Crippen MR) is 136 cm³/mol. The second-order valence-corrected chi connectivity index (χ2v) is 9.51. The molecule has 0 saturated carbocycles. The number of thiazole rings is 1. The van der Waals surface area contributed by atoms with Crippen LogP contribution in [0.25, 0.3) is 0 Å². The van der Waals surface area contributed by atoms with Crippen molar-refractivity contribution in [2.75, 3.05) is 43.1 Å². The standard InChI is InChI=1S/C25H26F3N5O2S/c1-15(23(34)32-24-30-16(2)17(3)36-24)5-4-6-18-14-29-22(31-18)20-8-7-19(13-21(20)25(26,27)28)33-9-11-35-12-10-33/h4-8,13H,1,9-12,14H2,2-3H3,(H,29,31)(H,30,32,34)/b5-4-,18-6+. The zero-order valence-corrected chi connectivity index (χ0v) is 20.7. The van der Waals surface area contributed by atoms with Gasteiger partial charge >= 0.3 is 6.18 Å². The molecule has 1 amide bonds. The van der Waals surface area contributed by atoms with Crippen molar-refractivity contribution in [3.05, 3.63) is 76.0 Å². The Kier molecular flexibility index (Phi) is 7.60. The van der Waals surface area contributed by atoms with Gasteiger partial charge in [0, 0.05) is 40.5 Å². The molecule has 1 fully saturated rings. The van der Waals surface area contributed by atoms with E-state index in [0.717, 1.165) is 10.6 Å². The molecule has 2 aromatic rings. The number of ether oxygens (including phenoxy) is 1. The summed E-state index contributed by atoms with van der Waals surface area (Å²) in [4.78, 5) is 23.7. The second-order valence-electron chi connectivity index (χ2n) is 8.31. The maximum atomic E-state index is 13.9. The number of alkyl halides is 3. The Balaban J connectivity index is 1.42. The van der Waals surface area contributed by atoms with E-state index in [9.17, 15) is 18.0 Å². The number of carbonyl (C=O) groups is 1. The zero-order valence-electron chi connectivity index (χ0n) is 19.9. The van der Waals surface area contributed by atoms with Crippen molar-refractivity contribution in [2.45, 2.75) is 20.0 Å². The number of morpholine rings is 1. The lowest BCUT2D eigenvalue weighted by molar-refractivity contribution is -0.137. The average molecular weight is 518 g/mol. The summed E-state index contributed by atoms with van der Waals surface area (Å²) in [6.07, 6.45) is 0.247. The van der Waals surface area contributed by atoms with Crippen LogP contribution in [0.15, 0.2) is 59.3 Å². The van der Waals surface area contributed by atoms with E-state index >= 15 is 0 Å². The van der Waals surface area contributed by atoms with Gasteiger partial charge in [-0.05, 0) is 44.2 Å². The summed E-state index contributed by atoms with van der Waals surface area (Å²) in [6, 6.07) is 4.29. The van der Waals surface area contributed by atoms with E-state index < -0.39 is 11.7 Å². The van der Waals surface area contributed by atoms with Gasteiger partial charge in [0.05, 0.1) is 31.0 Å². The van der Waals surface area contributed by atoms with Crippen LogP contribution < -0.4 is 15.5 Å². The van der Waals surface area contributed by atoms with Crippen molar-refractivity contribution in [3.8, 4) is 0 Å². The molecule has 36 heavy (non-hydrogen) atoms. The molecule has 11 heteroatoms. The highest BCUT2D eigenvalue weighted by Gasteiger charge is 2.36. The number of allylic oxidation sites excluding steroid dienone is 2. The molecule has 4 rings (SSSR count). The molecule has 2 N–H and O–H groups in total. The lowest BCUT2D eigenvalue weighted by Gasteiger charge is -2.29. The van der Waals surface area contributed by atoms with Crippen LogP contribution in [0, 0.1) is 13.8 Å². The number of benzene rings is 1.